The number of fused-ring (bicyclic) bond motifs is 1. The first kappa shape index (κ1) is 14.6. The highest BCUT2D eigenvalue weighted by molar-refractivity contribution is 9.10. The average Bonchev–Trinajstić information content (AvgIpc) is 2.45. The maximum absolute atomic E-state index is 3.77. The van der Waals surface area contributed by atoms with Crippen LogP contribution in [0.1, 0.15) is 54.0 Å². The summed E-state index contributed by atoms with van der Waals surface area (Å²) < 4.78 is 1.16. The predicted octanol–water partition coefficient (Wildman–Crippen LogP) is 6.12. The molecule has 0 fully saturated rings. The van der Waals surface area contributed by atoms with Crippen molar-refractivity contribution in [3.8, 4) is 0 Å². The monoisotopic (exact) mass is 343 g/mol. The van der Waals surface area contributed by atoms with Gasteiger partial charge >= 0.3 is 0 Å². The van der Waals surface area contributed by atoms with Crippen LogP contribution in [0.4, 0.5) is 5.69 Å². The molecule has 2 atom stereocenters. The molecule has 0 saturated heterocycles. The summed E-state index contributed by atoms with van der Waals surface area (Å²) in [6.07, 6.45) is 2.44. The predicted molar refractivity (Wildman–Crippen MR) is 94.1 cm³/mol. The van der Waals surface area contributed by atoms with Crippen molar-refractivity contribution < 1.29 is 0 Å². The molecule has 2 heteroatoms. The van der Waals surface area contributed by atoms with Gasteiger partial charge in [-0.3, -0.25) is 0 Å². The van der Waals surface area contributed by atoms with Crippen molar-refractivity contribution in [1.82, 2.24) is 0 Å². The molecule has 1 nitrogen and oxygen atoms in total. The maximum atomic E-state index is 3.77. The minimum atomic E-state index is 0.412. The van der Waals surface area contributed by atoms with Crippen molar-refractivity contribution in [1.29, 1.82) is 0 Å². The van der Waals surface area contributed by atoms with Gasteiger partial charge in [0.1, 0.15) is 0 Å². The zero-order chi connectivity index (χ0) is 15.0. The quantitative estimate of drug-likeness (QED) is 0.692. The highest BCUT2D eigenvalue weighted by atomic mass is 79.9. The zero-order valence-corrected chi connectivity index (χ0v) is 14.5. The fraction of sp³-hybridized carbons (Fsp3) is 0.368. The number of hydrogen-bond donors (Lipinski definition) is 1. The lowest BCUT2D eigenvalue weighted by molar-refractivity contribution is 0.534. The molecule has 0 bridgehead atoms. The van der Waals surface area contributed by atoms with Gasteiger partial charge in [-0.2, -0.15) is 0 Å². The van der Waals surface area contributed by atoms with Gasteiger partial charge in [-0.25, -0.2) is 0 Å². The van der Waals surface area contributed by atoms with E-state index in [1.807, 2.05) is 0 Å². The minimum absolute atomic E-state index is 0.412. The Bertz CT molecular complexity index is 639. The second-order valence-corrected chi connectivity index (χ2v) is 7.10. The lowest BCUT2D eigenvalue weighted by atomic mass is 9.81. The number of nitrogens with one attached hydrogen (secondary N) is 1. The number of halogens is 1. The maximum Gasteiger partial charge on any atom is 0.0519 e. The van der Waals surface area contributed by atoms with E-state index in [0.717, 1.165) is 4.47 Å². The van der Waals surface area contributed by atoms with E-state index in [9.17, 15) is 0 Å². The number of hydrogen-bond acceptors (Lipinski definition) is 1. The van der Waals surface area contributed by atoms with Crippen molar-refractivity contribution in [3.63, 3.8) is 0 Å². The van der Waals surface area contributed by atoms with Gasteiger partial charge in [-0.15, -0.1) is 0 Å². The molecule has 0 aromatic heterocycles. The van der Waals surface area contributed by atoms with E-state index < -0.39 is 0 Å². The van der Waals surface area contributed by atoms with Gasteiger partial charge < -0.3 is 5.32 Å². The van der Waals surface area contributed by atoms with Crippen LogP contribution in [-0.2, 0) is 0 Å². The third-order valence-electron chi connectivity index (χ3n) is 4.54. The van der Waals surface area contributed by atoms with Gasteiger partial charge in [0.05, 0.1) is 11.7 Å². The second kappa shape index (κ2) is 5.84. The summed E-state index contributed by atoms with van der Waals surface area (Å²) in [5, 5.41) is 3.77. The molecule has 3 rings (SSSR count). The second-order valence-electron chi connectivity index (χ2n) is 6.24. The molecule has 1 aliphatic rings. The summed E-state index contributed by atoms with van der Waals surface area (Å²) in [7, 11) is 0. The Morgan fingerprint density at radius 1 is 1.05 bits per heavy atom. The van der Waals surface area contributed by atoms with Crippen molar-refractivity contribution in [2.45, 2.75) is 45.6 Å². The van der Waals surface area contributed by atoms with Crippen LogP contribution in [0, 0.1) is 13.8 Å². The molecule has 0 aliphatic heterocycles. The van der Waals surface area contributed by atoms with E-state index in [2.05, 4.69) is 78.4 Å². The van der Waals surface area contributed by atoms with Crippen LogP contribution in [0.25, 0.3) is 0 Å². The van der Waals surface area contributed by atoms with Crippen LogP contribution in [0.3, 0.4) is 0 Å². The van der Waals surface area contributed by atoms with Gasteiger partial charge in [0.15, 0.2) is 0 Å². The van der Waals surface area contributed by atoms with Gasteiger partial charge in [0.2, 0.25) is 0 Å². The Morgan fingerprint density at radius 3 is 2.48 bits per heavy atom. The van der Waals surface area contributed by atoms with E-state index >= 15 is 0 Å². The molecule has 0 saturated carbocycles. The SMILES string of the molecule is Cc1cc(C)c(NC2CCC(C)c3ccccc32)c(Br)c1. The molecule has 21 heavy (non-hydrogen) atoms. The van der Waals surface area contributed by atoms with E-state index in [-0.39, 0.29) is 0 Å². The third kappa shape index (κ3) is 2.87. The standard InChI is InChI=1S/C19H22BrN/c1-12-10-14(3)19(17(20)11-12)21-18-9-8-13(2)15-6-4-5-7-16(15)18/h4-7,10-11,13,18,21H,8-9H2,1-3H3. The van der Waals surface area contributed by atoms with Crippen LogP contribution in [0.5, 0.6) is 0 Å². The summed E-state index contributed by atoms with van der Waals surface area (Å²) in [5.74, 6) is 0.668. The fourth-order valence-corrected chi connectivity index (χ4v) is 4.22. The molecule has 110 valence electrons. The Kier molecular flexibility index (Phi) is 4.08. The van der Waals surface area contributed by atoms with Crippen molar-refractivity contribution in [3.05, 3.63) is 63.1 Å². The van der Waals surface area contributed by atoms with Gasteiger partial charge in [0, 0.05) is 4.47 Å². The van der Waals surface area contributed by atoms with Crippen LogP contribution in [0.15, 0.2) is 40.9 Å². The molecule has 0 spiro atoms. The molecule has 1 aliphatic carbocycles. The number of benzene rings is 2. The lowest BCUT2D eigenvalue weighted by Gasteiger charge is -2.31. The molecular weight excluding hydrogens is 322 g/mol. The van der Waals surface area contributed by atoms with Gasteiger partial charge in [-0.05, 0) is 76.9 Å². The molecule has 0 amide bonds. The van der Waals surface area contributed by atoms with Crippen LogP contribution in [0.2, 0.25) is 0 Å². The van der Waals surface area contributed by atoms with E-state index in [4.69, 9.17) is 0 Å². The fourth-order valence-electron chi connectivity index (χ4n) is 3.43. The normalized spacial score (nSPS) is 21.0. The Labute approximate surface area is 135 Å². The first-order valence-corrected chi connectivity index (χ1v) is 8.47. The van der Waals surface area contributed by atoms with E-state index in [1.165, 1.54) is 40.8 Å². The molecular formula is C19H22BrN. The number of anilines is 1. The summed E-state index contributed by atoms with van der Waals surface area (Å²) in [6.45, 7) is 6.65. The highest BCUT2D eigenvalue weighted by Gasteiger charge is 2.24. The van der Waals surface area contributed by atoms with Gasteiger partial charge in [0.25, 0.3) is 0 Å². The lowest BCUT2D eigenvalue weighted by Crippen LogP contribution is -2.19. The Balaban J connectivity index is 1.95. The summed E-state index contributed by atoms with van der Waals surface area (Å²) in [4.78, 5) is 0. The largest absolute Gasteiger partial charge is 0.377 e. The average molecular weight is 344 g/mol. The van der Waals surface area contributed by atoms with Crippen molar-refractivity contribution in [2.75, 3.05) is 5.32 Å². The van der Waals surface area contributed by atoms with Crippen molar-refractivity contribution >= 4 is 21.6 Å². The highest BCUT2D eigenvalue weighted by Crippen LogP contribution is 2.40. The zero-order valence-electron chi connectivity index (χ0n) is 12.9. The number of rotatable bonds is 2. The van der Waals surface area contributed by atoms with Crippen LogP contribution >= 0.6 is 15.9 Å². The minimum Gasteiger partial charge on any atom is -0.377 e. The molecule has 1 N–H and O–H groups in total. The third-order valence-corrected chi connectivity index (χ3v) is 5.17. The first-order valence-electron chi connectivity index (χ1n) is 7.68. The molecule has 0 radical (unpaired) electrons. The molecule has 2 unspecified atom stereocenters. The summed E-state index contributed by atoms with van der Waals surface area (Å²) >= 11 is 3.71. The topological polar surface area (TPSA) is 12.0 Å². The Morgan fingerprint density at radius 2 is 1.76 bits per heavy atom. The number of aryl methyl sites for hydroxylation is 2. The summed E-state index contributed by atoms with van der Waals surface area (Å²) in [5.41, 5.74) is 6.79. The van der Waals surface area contributed by atoms with E-state index in [1.54, 1.807) is 0 Å². The Hall–Kier alpha value is -1.28. The smallest absolute Gasteiger partial charge is 0.0519 e. The van der Waals surface area contributed by atoms with Crippen LogP contribution in [-0.4, -0.2) is 0 Å². The molecule has 2 aromatic rings. The molecule has 0 heterocycles. The van der Waals surface area contributed by atoms with Crippen molar-refractivity contribution in [2.24, 2.45) is 0 Å². The molecule has 2 aromatic carbocycles. The van der Waals surface area contributed by atoms with Crippen LogP contribution < -0.4 is 5.32 Å². The first-order chi connectivity index (χ1) is 10.1. The van der Waals surface area contributed by atoms with Gasteiger partial charge in [-0.1, -0.05) is 37.3 Å². The van der Waals surface area contributed by atoms with E-state index in [0.29, 0.717) is 12.0 Å². The summed E-state index contributed by atoms with van der Waals surface area (Å²) in [6, 6.07) is 13.7.